The van der Waals surface area contributed by atoms with Crippen LogP contribution in [-0.2, 0) is 17.6 Å². The maximum Gasteiger partial charge on any atom is 0.263 e. The minimum absolute atomic E-state index is 0.181. The number of aryl methyl sites for hydroxylation is 1. The third-order valence-corrected chi connectivity index (χ3v) is 6.95. The Bertz CT molecular complexity index is 599. The van der Waals surface area contributed by atoms with E-state index in [9.17, 15) is 4.79 Å². The zero-order chi connectivity index (χ0) is 18.0. The van der Waals surface area contributed by atoms with Crippen molar-refractivity contribution in [1.29, 1.82) is 0 Å². The molecule has 0 spiro atoms. The number of nitrogens with zero attached hydrogens (tertiary/aromatic N) is 2. The van der Waals surface area contributed by atoms with Crippen LogP contribution in [0.5, 0.6) is 0 Å². The van der Waals surface area contributed by atoms with Crippen LogP contribution in [0.15, 0.2) is 6.07 Å². The molecule has 4 nitrogen and oxygen atoms in total. The number of likely N-dealkylation sites (N-methyl/N-ethyl adjacent to an activating group) is 1. The average molecular weight is 365 g/mol. The van der Waals surface area contributed by atoms with Crippen LogP contribution >= 0.6 is 11.3 Å². The number of fused-ring (bicyclic) bond motifs is 1. The van der Waals surface area contributed by atoms with Crippen molar-refractivity contribution in [3.05, 3.63) is 21.4 Å². The standard InChI is InChI=1S/C20H32N2O2S/c1-20(2,3)16-5-6-17-15(13-16)14-18(25-17)19(23)21(4)7-8-22-9-11-24-12-10-22/h14,16H,5-13H2,1-4H3/t16-/m0/s1. The molecule has 1 saturated heterocycles. The Morgan fingerprint density at radius 1 is 1.36 bits per heavy atom. The van der Waals surface area contributed by atoms with Gasteiger partial charge in [-0.2, -0.15) is 0 Å². The van der Waals surface area contributed by atoms with Crippen LogP contribution in [0.3, 0.4) is 0 Å². The summed E-state index contributed by atoms with van der Waals surface area (Å²) in [6, 6.07) is 2.17. The van der Waals surface area contributed by atoms with Crippen molar-refractivity contribution in [1.82, 2.24) is 9.80 Å². The first-order chi connectivity index (χ1) is 11.8. The molecule has 0 bridgehead atoms. The Labute approximate surface area is 156 Å². The highest BCUT2D eigenvalue weighted by atomic mass is 32.1. The maximum atomic E-state index is 12.8. The quantitative estimate of drug-likeness (QED) is 0.822. The van der Waals surface area contributed by atoms with Gasteiger partial charge in [-0.25, -0.2) is 0 Å². The Morgan fingerprint density at radius 3 is 2.76 bits per heavy atom. The molecule has 0 saturated carbocycles. The fraction of sp³-hybridized carbons (Fsp3) is 0.750. The van der Waals surface area contributed by atoms with Crippen molar-refractivity contribution in [3.63, 3.8) is 0 Å². The van der Waals surface area contributed by atoms with E-state index in [1.54, 1.807) is 11.3 Å². The molecule has 1 amide bonds. The van der Waals surface area contributed by atoms with E-state index >= 15 is 0 Å². The summed E-state index contributed by atoms with van der Waals surface area (Å²) in [5.74, 6) is 0.900. The van der Waals surface area contributed by atoms with Crippen molar-refractivity contribution < 1.29 is 9.53 Å². The molecule has 1 aliphatic carbocycles. The Balaban J connectivity index is 1.58. The lowest BCUT2D eigenvalue weighted by atomic mass is 9.72. The lowest BCUT2D eigenvalue weighted by molar-refractivity contribution is 0.0339. The maximum absolute atomic E-state index is 12.8. The molecule has 140 valence electrons. The molecule has 2 aliphatic rings. The number of carbonyl (C=O) groups is 1. The fourth-order valence-corrected chi connectivity index (χ4v) is 4.98. The summed E-state index contributed by atoms with van der Waals surface area (Å²) in [4.78, 5) is 19.4. The molecule has 25 heavy (non-hydrogen) atoms. The van der Waals surface area contributed by atoms with E-state index in [-0.39, 0.29) is 5.91 Å². The van der Waals surface area contributed by atoms with Crippen molar-refractivity contribution in [2.24, 2.45) is 11.3 Å². The van der Waals surface area contributed by atoms with E-state index in [2.05, 4.69) is 31.7 Å². The van der Waals surface area contributed by atoms with Crippen molar-refractivity contribution in [2.45, 2.75) is 40.0 Å². The van der Waals surface area contributed by atoms with Crippen molar-refractivity contribution in [3.8, 4) is 0 Å². The highest BCUT2D eigenvalue weighted by Gasteiger charge is 2.30. The highest BCUT2D eigenvalue weighted by molar-refractivity contribution is 7.14. The predicted molar refractivity (Wildman–Crippen MR) is 104 cm³/mol. The fourth-order valence-electron chi connectivity index (χ4n) is 3.77. The van der Waals surface area contributed by atoms with E-state index < -0.39 is 0 Å². The van der Waals surface area contributed by atoms with Gasteiger partial charge in [0, 0.05) is 38.1 Å². The highest BCUT2D eigenvalue weighted by Crippen LogP contribution is 2.40. The summed E-state index contributed by atoms with van der Waals surface area (Å²) in [6.07, 6.45) is 3.50. The van der Waals surface area contributed by atoms with Crippen LogP contribution in [0.2, 0.25) is 0 Å². The minimum atomic E-state index is 0.181. The van der Waals surface area contributed by atoms with Gasteiger partial charge in [0.15, 0.2) is 0 Å². The Kier molecular flexibility index (Phi) is 5.86. The van der Waals surface area contributed by atoms with Gasteiger partial charge < -0.3 is 9.64 Å². The zero-order valence-corrected chi connectivity index (χ0v) is 17.0. The first kappa shape index (κ1) is 18.9. The summed E-state index contributed by atoms with van der Waals surface area (Å²) in [6.45, 7) is 12.3. The number of hydrogen-bond acceptors (Lipinski definition) is 4. The molecule has 3 rings (SSSR count). The van der Waals surface area contributed by atoms with Crippen molar-refractivity contribution in [2.75, 3.05) is 46.4 Å². The van der Waals surface area contributed by atoms with Crippen LogP contribution in [0.4, 0.5) is 0 Å². The second-order valence-electron chi connectivity index (χ2n) is 8.55. The van der Waals surface area contributed by atoms with Crippen LogP contribution in [0.1, 0.15) is 47.3 Å². The molecule has 1 fully saturated rings. The number of amides is 1. The monoisotopic (exact) mass is 364 g/mol. The van der Waals surface area contributed by atoms with Crippen LogP contribution in [0, 0.1) is 11.3 Å². The molecule has 1 atom stereocenters. The SMILES string of the molecule is CN(CCN1CCOCC1)C(=O)c1cc2c(s1)CC[C@H](C(C)(C)C)C2. The second-order valence-corrected chi connectivity index (χ2v) is 9.68. The van der Waals surface area contributed by atoms with Gasteiger partial charge in [0.25, 0.3) is 5.91 Å². The average Bonchev–Trinajstić information content (AvgIpc) is 3.02. The molecule has 0 radical (unpaired) electrons. The second kappa shape index (κ2) is 7.77. The summed E-state index contributed by atoms with van der Waals surface area (Å²) in [5.41, 5.74) is 1.76. The smallest absolute Gasteiger partial charge is 0.263 e. The Morgan fingerprint density at radius 2 is 2.08 bits per heavy atom. The van der Waals surface area contributed by atoms with Gasteiger partial charge in [-0.1, -0.05) is 20.8 Å². The summed E-state index contributed by atoms with van der Waals surface area (Å²) in [5, 5.41) is 0. The molecule has 1 aromatic heterocycles. The number of ether oxygens (including phenoxy) is 1. The first-order valence-electron chi connectivity index (χ1n) is 9.52. The number of morpholine rings is 1. The summed E-state index contributed by atoms with van der Waals surface area (Å²) >= 11 is 1.72. The Hall–Kier alpha value is -0.910. The third-order valence-electron chi connectivity index (χ3n) is 5.72. The van der Waals surface area contributed by atoms with E-state index in [0.29, 0.717) is 5.41 Å². The molecular weight excluding hydrogens is 332 g/mol. The topological polar surface area (TPSA) is 32.8 Å². The largest absolute Gasteiger partial charge is 0.379 e. The van der Waals surface area contributed by atoms with E-state index in [1.165, 1.54) is 16.9 Å². The lowest BCUT2D eigenvalue weighted by Crippen LogP contribution is -2.41. The van der Waals surface area contributed by atoms with Gasteiger partial charge in [0.2, 0.25) is 0 Å². The zero-order valence-electron chi connectivity index (χ0n) is 16.1. The molecule has 1 aromatic rings. The lowest BCUT2D eigenvalue weighted by Gasteiger charge is -2.33. The minimum Gasteiger partial charge on any atom is -0.379 e. The van der Waals surface area contributed by atoms with Gasteiger partial charge >= 0.3 is 0 Å². The van der Waals surface area contributed by atoms with Crippen LogP contribution < -0.4 is 0 Å². The number of rotatable bonds is 4. The van der Waals surface area contributed by atoms with Crippen LogP contribution in [-0.4, -0.2) is 62.1 Å². The number of thiophene rings is 1. The van der Waals surface area contributed by atoms with Gasteiger partial charge in [-0.05, 0) is 42.2 Å². The van der Waals surface area contributed by atoms with E-state index in [4.69, 9.17) is 4.74 Å². The predicted octanol–water partition coefficient (Wildman–Crippen LogP) is 3.30. The summed E-state index contributed by atoms with van der Waals surface area (Å²) in [7, 11) is 1.93. The first-order valence-corrected chi connectivity index (χ1v) is 10.3. The molecule has 0 N–H and O–H groups in total. The third kappa shape index (κ3) is 4.63. The molecule has 5 heteroatoms. The van der Waals surface area contributed by atoms with Gasteiger partial charge in [-0.3, -0.25) is 9.69 Å². The molecule has 0 unspecified atom stereocenters. The number of hydrogen-bond donors (Lipinski definition) is 0. The molecule has 2 heterocycles. The van der Waals surface area contributed by atoms with Gasteiger partial charge in [0.05, 0.1) is 18.1 Å². The van der Waals surface area contributed by atoms with Gasteiger partial charge in [0.1, 0.15) is 0 Å². The normalized spacial score (nSPS) is 21.8. The molecule has 1 aliphatic heterocycles. The summed E-state index contributed by atoms with van der Waals surface area (Å²) < 4.78 is 5.38. The number of carbonyl (C=O) groups excluding carboxylic acids is 1. The van der Waals surface area contributed by atoms with Gasteiger partial charge in [-0.15, -0.1) is 11.3 Å². The van der Waals surface area contributed by atoms with E-state index in [0.717, 1.165) is 63.0 Å². The molecule has 0 aromatic carbocycles. The van der Waals surface area contributed by atoms with Crippen LogP contribution in [0.25, 0.3) is 0 Å². The van der Waals surface area contributed by atoms with E-state index in [1.807, 2.05) is 11.9 Å². The molecular formula is C20H32N2O2S. The van der Waals surface area contributed by atoms with Crippen molar-refractivity contribution >= 4 is 17.2 Å².